The Morgan fingerprint density at radius 2 is 0.679 bits per heavy atom. The molecular formula is C50H95O5P. The van der Waals surface area contributed by atoms with Crippen molar-refractivity contribution in [3.8, 4) is 5.75 Å². The second-order valence-corrected chi connectivity index (χ2v) is 17.8. The van der Waals surface area contributed by atoms with E-state index in [0.717, 1.165) is 31.8 Å². The Morgan fingerprint density at radius 1 is 0.357 bits per heavy atom. The van der Waals surface area contributed by atoms with Gasteiger partial charge in [0, 0.05) is 13.2 Å². The fraction of sp³-hybridized carbons (Fsp3) is 0.880. The summed E-state index contributed by atoms with van der Waals surface area (Å²) in [6, 6.07) is 10.00. The molecule has 0 aliphatic rings. The lowest BCUT2D eigenvalue weighted by molar-refractivity contribution is 0.0359. The van der Waals surface area contributed by atoms with Crippen molar-refractivity contribution in [1.29, 1.82) is 0 Å². The first-order valence-corrected chi connectivity index (χ1v) is 25.8. The smallest absolute Gasteiger partial charge is 0.397 e. The molecular weight excluding hydrogens is 712 g/mol. The van der Waals surface area contributed by atoms with Gasteiger partial charge in [-0.25, -0.2) is 0 Å². The van der Waals surface area contributed by atoms with Crippen LogP contribution in [-0.2, 0) is 18.5 Å². The lowest BCUT2D eigenvalue weighted by atomic mass is 10.0. The van der Waals surface area contributed by atoms with Gasteiger partial charge in [-0.05, 0) is 63.5 Å². The third-order valence-electron chi connectivity index (χ3n) is 11.1. The molecule has 0 saturated heterocycles. The Kier molecular flexibility index (Phi) is 41.7. The van der Waals surface area contributed by atoms with Gasteiger partial charge in [0.25, 0.3) is 0 Å². The number of para-hydroxylation sites is 1. The number of ether oxygens (including phenoxy) is 2. The Morgan fingerprint density at radius 3 is 1.07 bits per heavy atom. The van der Waals surface area contributed by atoms with Gasteiger partial charge in [0.05, 0.1) is 25.4 Å². The summed E-state index contributed by atoms with van der Waals surface area (Å²) in [4.78, 5) is 0. The van der Waals surface area contributed by atoms with E-state index in [4.69, 9.17) is 23.0 Å². The molecule has 56 heavy (non-hydrogen) atoms. The third-order valence-corrected chi connectivity index (χ3v) is 12.3. The summed E-state index contributed by atoms with van der Waals surface area (Å²) in [7, 11) is -1.39. The summed E-state index contributed by atoms with van der Waals surface area (Å²) in [6.07, 6.45) is 44.7. The Hall–Kier alpha value is -0.710. The normalized spacial score (nSPS) is 13.3. The Labute approximate surface area is 351 Å². The fourth-order valence-electron chi connectivity index (χ4n) is 7.40. The first-order valence-electron chi connectivity index (χ1n) is 24.8. The van der Waals surface area contributed by atoms with Gasteiger partial charge in [0.2, 0.25) is 0 Å². The molecule has 0 heterocycles. The predicted molar refractivity (Wildman–Crippen MR) is 245 cm³/mol. The highest BCUT2D eigenvalue weighted by molar-refractivity contribution is 7.42. The van der Waals surface area contributed by atoms with Gasteiger partial charge in [-0.1, -0.05) is 213 Å². The van der Waals surface area contributed by atoms with E-state index in [0.29, 0.717) is 25.4 Å². The van der Waals surface area contributed by atoms with Crippen molar-refractivity contribution in [1.82, 2.24) is 0 Å². The number of unbranched alkanes of at least 4 members (excludes halogenated alkanes) is 24. The highest BCUT2D eigenvalue weighted by Gasteiger charge is 2.15. The molecule has 0 aromatic heterocycles. The summed E-state index contributed by atoms with van der Waals surface area (Å²) < 4.78 is 31.4. The van der Waals surface area contributed by atoms with Crippen LogP contribution in [-0.4, -0.2) is 38.6 Å². The van der Waals surface area contributed by atoms with E-state index in [1.54, 1.807) is 0 Å². The second kappa shape index (κ2) is 43.9. The lowest BCUT2D eigenvalue weighted by Gasteiger charge is -2.19. The van der Waals surface area contributed by atoms with Crippen LogP contribution in [0.5, 0.6) is 5.75 Å². The Bertz CT molecular complexity index is 822. The van der Waals surface area contributed by atoms with Crippen molar-refractivity contribution in [2.45, 2.75) is 258 Å². The molecule has 0 fully saturated rings. The number of rotatable bonds is 46. The van der Waals surface area contributed by atoms with Gasteiger partial charge in [0.1, 0.15) is 5.75 Å². The van der Waals surface area contributed by atoms with Crippen molar-refractivity contribution < 1.29 is 23.0 Å². The molecule has 2 atom stereocenters. The molecule has 1 aromatic rings. The molecule has 0 spiro atoms. The maximum absolute atomic E-state index is 6.39. The molecule has 0 amide bonds. The van der Waals surface area contributed by atoms with Crippen LogP contribution < -0.4 is 4.52 Å². The van der Waals surface area contributed by atoms with Crippen LogP contribution in [0.15, 0.2) is 30.3 Å². The maximum Gasteiger partial charge on any atom is 0.397 e. The topological polar surface area (TPSA) is 46.2 Å². The van der Waals surface area contributed by atoms with Crippen molar-refractivity contribution in [2.75, 3.05) is 26.4 Å². The standard InChI is InChI=1S/C50H95O5P/c1-5-9-13-15-17-19-21-25-34-44-51-48(38-11-7-3)40-30-23-27-36-46-53-56(55-50-42-32-29-33-43-50)54-47-37-28-24-31-41-49(39-12-8-4)52-45-35-26-22-20-18-16-14-10-6-2/h29,32-33,42-43,48-49H,5-28,30-31,34-41,44-47H2,1-4H3. The third kappa shape index (κ3) is 36.4. The van der Waals surface area contributed by atoms with Crippen LogP contribution in [0.3, 0.4) is 0 Å². The number of hydrogen-bond acceptors (Lipinski definition) is 5. The van der Waals surface area contributed by atoms with E-state index >= 15 is 0 Å². The van der Waals surface area contributed by atoms with Gasteiger partial charge in [0.15, 0.2) is 0 Å². The van der Waals surface area contributed by atoms with E-state index in [1.165, 1.54) is 205 Å². The van der Waals surface area contributed by atoms with E-state index in [-0.39, 0.29) is 0 Å². The highest BCUT2D eigenvalue weighted by atomic mass is 31.2. The van der Waals surface area contributed by atoms with E-state index in [2.05, 4.69) is 27.7 Å². The molecule has 1 aromatic carbocycles. The van der Waals surface area contributed by atoms with Crippen molar-refractivity contribution in [3.63, 3.8) is 0 Å². The molecule has 0 N–H and O–H groups in total. The first-order chi connectivity index (χ1) is 27.7. The molecule has 0 aliphatic heterocycles. The van der Waals surface area contributed by atoms with Crippen LogP contribution in [0.2, 0.25) is 0 Å². The summed E-state index contributed by atoms with van der Waals surface area (Å²) in [5.74, 6) is 0.819. The molecule has 0 bridgehead atoms. The Balaban J connectivity index is 2.23. The zero-order chi connectivity index (χ0) is 40.3. The lowest BCUT2D eigenvalue weighted by Crippen LogP contribution is -2.14. The second-order valence-electron chi connectivity index (χ2n) is 16.6. The first kappa shape index (κ1) is 53.3. The molecule has 0 saturated carbocycles. The minimum atomic E-state index is -1.39. The fourth-order valence-corrected chi connectivity index (χ4v) is 8.43. The SMILES string of the molecule is CCCCCCCCCCCOC(CCCC)CCCCCCOP(OCCCCCCC(CCCC)OCCCCCCCCCCC)Oc1ccccc1. The summed E-state index contributed by atoms with van der Waals surface area (Å²) in [6.45, 7) is 12.4. The van der Waals surface area contributed by atoms with Gasteiger partial charge in [-0.2, -0.15) is 0 Å². The zero-order valence-corrected chi connectivity index (χ0v) is 38.8. The zero-order valence-electron chi connectivity index (χ0n) is 37.9. The highest BCUT2D eigenvalue weighted by Crippen LogP contribution is 2.41. The predicted octanol–water partition coefficient (Wildman–Crippen LogP) is 17.4. The quantitative estimate of drug-likeness (QED) is 0.0485. The molecule has 1 rings (SSSR count). The monoisotopic (exact) mass is 807 g/mol. The van der Waals surface area contributed by atoms with Gasteiger partial charge in [-0.3, -0.25) is 0 Å². The van der Waals surface area contributed by atoms with Crippen molar-refractivity contribution >= 4 is 8.60 Å². The van der Waals surface area contributed by atoms with Gasteiger partial charge < -0.3 is 23.0 Å². The summed E-state index contributed by atoms with van der Waals surface area (Å²) in [5.41, 5.74) is 0. The van der Waals surface area contributed by atoms with Crippen LogP contribution in [0.25, 0.3) is 0 Å². The van der Waals surface area contributed by atoms with Crippen LogP contribution in [0.1, 0.15) is 246 Å². The van der Waals surface area contributed by atoms with E-state index in [1.807, 2.05) is 30.3 Å². The minimum Gasteiger partial charge on any atom is -0.427 e. The molecule has 6 heteroatoms. The van der Waals surface area contributed by atoms with Crippen molar-refractivity contribution in [2.24, 2.45) is 0 Å². The summed E-state index contributed by atoms with van der Waals surface area (Å²) >= 11 is 0. The van der Waals surface area contributed by atoms with Crippen LogP contribution in [0.4, 0.5) is 0 Å². The molecule has 5 nitrogen and oxygen atoms in total. The average Bonchev–Trinajstić information content (AvgIpc) is 3.22. The number of hydrogen-bond donors (Lipinski definition) is 0. The number of benzene rings is 1. The largest absolute Gasteiger partial charge is 0.427 e. The van der Waals surface area contributed by atoms with Crippen LogP contribution in [0, 0.1) is 0 Å². The minimum absolute atomic E-state index is 0.436. The molecule has 2 unspecified atom stereocenters. The van der Waals surface area contributed by atoms with Gasteiger partial charge in [-0.15, -0.1) is 0 Å². The summed E-state index contributed by atoms with van der Waals surface area (Å²) in [5, 5.41) is 0. The van der Waals surface area contributed by atoms with Gasteiger partial charge >= 0.3 is 8.60 Å². The van der Waals surface area contributed by atoms with Crippen molar-refractivity contribution in [3.05, 3.63) is 30.3 Å². The van der Waals surface area contributed by atoms with E-state index < -0.39 is 8.60 Å². The molecule has 0 aliphatic carbocycles. The van der Waals surface area contributed by atoms with Crippen LogP contribution >= 0.6 is 8.60 Å². The molecule has 330 valence electrons. The molecule has 0 radical (unpaired) electrons. The average molecular weight is 807 g/mol. The maximum atomic E-state index is 6.39. The van der Waals surface area contributed by atoms with E-state index in [9.17, 15) is 0 Å².